The summed E-state index contributed by atoms with van der Waals surface area (Å²) in [5.41, 5.74) is 3.97. The molecule has 0 saturated heterocycles. The van der Waals surface area contributed by atoms with Gasteiger partial charge in [0, 0.05) is 23.5 Å². The zero-order chi connectivity index (χ0) is 25.9. The van der Waals surface area contributed by atoms with Gasteiger partial charge >= 0.3 is 0 Å². The summed E-state index contributed by atoms with van der Waals surface area (Å²) in [6.45, 7) is 5.77. The number of methoxy groups -OCH3 is 1. The van der Waals surface area contributed by atoms with E-state index in [4.69, 9.17) is 9.47 Å². The zero-order valence-corrected chi connectivity index (χ0v) is 22.6. The van der Waals surface area contributed by atoms with Crippen molar-refractivity contribution in [2.75, 3.05) is 33.4 Å². The van der Waals surface area contributed by atoms with Crippen molar-refractivity contribution in [1.82, 2.24) is 9.80 Å². The number of nitrogens with zero attached hydrogens (tertiary/aromatic N) is 2. The topological polar surface area (TPSA) is 59.1 Å². The predicted octanol–water partition coefficient (Wildman–Crippen LogP) is 5.43. The van der Waals surface area contributed by atoms with Crippen molar-refractivity contribution >= 4 is 23.2 Å². The van der Waals surface area contributed by atoms with Crippen LogP contribution in [-0.2, 0) is 11.2 Å². The van der Waals surface area contributed by atoms with E-state index in [0.29, 0.717) is 36.9 Å². The molecule has 1 aromatic heterocycles. The molecule has 1 unspecified atom stereocenters. The van der Waals surface area contributed by atoms with Gasteiger partial charge in [-0.05, 0) is 85.9 Å². The van der Waals surface area contributed by atoms with E-state index in [1.807, 2.05) is 36.1 Å². The second kappa shape index (κ2) is 11.0. The second-order valence-electron chi connectivity index (χ2n) is 10.1. The molecule has 1 aliphatic heterocycles. The number of thiophene rings is 1. The first-order chi connectivity index (χ1) is 17.9. The lowest BCUT2D eigenvalue weighted by atomic mass is 10.00. The number of benzene rings is 2. The molecule has 3 aromatic rings. The summed E-state index contributed by atoms with van der Waals surface area (Å²) in [5, 5.41) is 2.09. The summed E-state index contributed by atoms with van der Waals surface area (Å²) in [4.78, 5) is 32.2. The van der Waals surface area contributed by atoms with Crippen molar-refractivity contribution in [3.05, 3.63) is 81.0 Å². The highest BCUT2D eigenvalue weighted by molar-refractivity contribution is 7.10. The molecule has 0 spiro atoms. The molecule has 1 atom stereocenters. The third kappa shape index (κ3) is 5.82. The van der Waals surface area contributed by atoms with Crippen LogP contribution in [0.25, 0.3) is 0 Å². The molecule has 194 valence electrons. The first-order valence-electron chi connectivity index (χ1n) is 12.9. The van der Waals surface area contributed by atoms with Gasteiger partial charge < -0.3 is 19.3 Å². The number of hydrogen-bond acceptors (Lipinski definition) is 5. The Kier molecular flexibility index (Phi) is 7.51. The normalized spacial score (nSPS) is 16.7. The summed E-state index contributed by atoms with van der Waals surface area (Å²) in [6.07, 6.45) is 3.03. The molecule has 1 fully saturated rings. The Morgan fingerprint density at radius 1 is 1.11 bits per heavy atom. The first kappa shape index (κ1) is 25.3. The minimum absolute atomic E-state index is 0.0389. The highest BCUT2D eigenvalue weighted by Crippen LogP contribution is 2.35. The first-order valence-corrected chi connectivity index (χ1v) is 13.8. The standard InChI is InChI=1S/C30H34N2O4S/c1-20-7-10-27(21(2)15-20)36-19-26-25-12-14-37-28(25)11-13-32(26)29(33)18-31(17-22-8-9-22)30(34)23-5-4-6-24(16-23)35-3/h4-7,10,12,14-16,22,26H,8-9,11,13,17-19H2,1-3H3. The van der Waals surface area contributed by atoms with Gasteiger partial charge in [-0.2, -0.15) is 0 Å². The largest absolute Gasteiger partial charge is 0.497 e. The number of ether oxygens (including phenoxy) is 2. The van der Waals surface area contributed by atoms with Gasteiger partial charge in [-0.3, -0.25) is 9.59 Å². The van der Waals surface area contributed by atoms with Crippen LogP contribution in [0.1, 0.15) is 50.8 Å². The number of fused-ring (bicyclic) bond motifs is 1. The van der Waals surface area contributed by atoms with Crippen LogP contribution in [0.2, 0.25) is 0 Å². The molecule has 2 amide bonds. The predicted molar refractivity (Wildman–Crippen MR) is 146 cm³/mol. The molecule has 0 radical (unpaired) electrons. The van der Waals surface area contributed by atoms with Gasteiger partial charge in [0.2, 0.25) is 5.91 Å². The number of rotatable bonds is 9. The smallest absolute Gasteiger partial charge is 0.254 e. The van der Waals surface area contributed by atoms with Gasteiger partial charge in [0.1, 0.15) is 24.7 Å². The van der Waals surface area contributed by atoms with Crippen molar-refractivity contribution in [1.29, 1.82) is 0 Å². The Morgan fingerprint density at radius 2 is 1.95 bits per heavy atom. The van der Waals surface area contributed by atoms with Crippen LogP contribution in [0.5, 0.6) is 11.5 Å². The van der Waals surface area contributed by atoms with Gasteiger partial charge in [0.15, 0.2) is 0 Å². The van der Waals surface area contributed by atoms with Crippen LogP contribution in [0.4, 0.5) is 0 Å². The number of amides is 2. The number of aryl methyl sites for hydroxylation is 2. The van der Waals surface area contributed by atoms with Crippen LogP contribution in [-0.4, -0.2) is 55.0 Å². The van der Waals surface area contributed by atoms with E-state index in [0.717, 1.165) is 36.1 Å². The van der Waals surface area contributed by atoms with Crippen molar-refractivity contribution in [2.45, 2.75) is 39.2 Å². The summed E-state index contributed by atoms with van der Waals surface area (Å²) in [7, 11) is 1.59. The molecular formula is C30H34N2O4S. The average Bonchev–Trinajstić information content (AvgIpc) is 3.59. The summed E-state index contributed by atoms with van der Waals surface area (Å²) in [6, 6.07) is 15.2. The van der Waals surface area contributed by atoms with Gasteiger partial charge in [-0.25, -0.2) is 0 Å². The van der Waals surface area contributed by atoms with E-state index >= 15 is 0 Å². The maximum Gasteiger partial charge on any atom is 0.254 e. The lowest BCUT2D eigenvalue weighted by molar-refractivity contribution is -0.135. The minimum Gasteiger partial charge on any atom is -0.497 e. The fourth-order valence-corrected chi connectivity index (χ4v) is 5.96. The van der Waals surface area contributed by atoms with E-state index in [-0.39, 0.29) is 24.4 Å². The molecule has 7 heteroatoms. The Bertz CT molecular complexity index is 1280. The molecule has 0 bridgehead atoms. The Hall–Kier alpha value is -3.32. The third-order valence-corrected chi connectivity index (χ3v) is 8.24. The molecular weight excluding hydrogens is 484 g/mol. The third-order valence-electron chi connectivity index (χ3n) is 7.25. The van der Waals surface area contributed by atoms with Crippen LogP contribution >= 0.6 is 11.3 Å². The van der Waals surface area contributed by atoms with E-state index in [1.54, 1.807) is 35.5 Å². The second-order valence-corrected chi connectivity index (χ2v) is 11.1. The zero-order valence-electron chi connectivity index (χ0n) is 21.7. The number of carbonyl (C=O) groups is 2. The molecule has 2 aliphatic rings. The van der Waals surface area contributed by atoms with Crippen molar-refractivity contribution in [3.63, 3.8) is 0 Å². The van der Waals surface area contributed by atoms with Crippen molar-refractivity contribution < 1.29 is 19.1 Å². The van der Waals surface area contributed by atoms with Gasteiger partial charge in [0.25, 0.3) is 5.91 Å². The maximum atomic E-state index is 13.8. The van der Waals surface area contributed by atoms with Crippen LogP contribution < -0.4 is 9.47 Å². The SMILES string of the molecule is COc1cccc(C(=O)N(CC(=O)N2CCc3sccc3C2COc2ccc(C)cc2C)CC2CC2)c1. The van der Waals surface area contributed by atoms with Gasteiger partial charge in [0.05, 0.1) is 13.2 Å². The molecule has 2 aromatic carbocycles. The van der Waals surface area contributed by atoms with Gasteiger partial charge in [-0.15, -0.1) is 11.3 Å². The summed E-state index contributed by atoms with van der Waals surface area (Å²) < 4.78 is 11.6. The Balaban J connectivity index is 1.35. The monoisotopic (exact) mass is 518 g/mol. The average molecular weight is 519 g/mol. The van der Waals surface area contributed by atoms with Gasteiger partial charge in [-0.1, -0.05) is 23.8 Å². The Labute approximate surface area is 222 Å². The quantitative estimate of drug-likeness (QED) is 0.379. The summed E-state index contributed by atoms with van der Waals surface area (Å²) in [5.74, 6) is 1.77. The number of hydrogen-bond donors (Lipinski definition) is 0. The van der Waals surface area contributed by atoms with Crippen molar-refractivity contribution in [3.8, 4) is 11.5 Å². The highest BCUT2D eigenvalue weighted by atomic mass is 32.1. The fourth-order valence-electron chi connectivity index (χ4n) is 5.03. The Morgan fingerprint density at radius 3 is 2.70 bits per heavy atom. The molecule has 1 aliphatic carbocycles. The molecule has 37 heavy (non-hydrogen) atoms. The van der Waals surface area contributed by atoms with E-state index in [2.05, 4.69) is 24.4 Å². The summed E-state index contributed by atoms with van der Waals surface area (Å²) >= 11 is 1.74. The van der Waals surface area contributed by atoms with Crippen molar-refractivity contribution in [2.24, 2.45) is 5.92 Å². The molecule has 2 heterocycles. The number of carbonyl (C=O) groups excluding carboxylic acids is 2. The highest BCUT2D eigenvalue weighted by Gasteiger charge is 2.35. The van der Waals surface area contributed by atoms with Crippen LogP contribution in [0, 0.1) is 19.8 Å². The van der Waals surface area contributed by atoms with E-state index in [1.165, 1.54) is 10.4 Å². The minimum atomic E-state index is -0.183. The van der Waals surface area contributed by atoms with E-state index < -0.39 is 0 Å². The lowest BCUT2D eigenvalue weighted by Crippen LogP contribution is -2.48. The maximum absolute atomic E-state index is 13.8. The fraction of sp³-hybridized carbons (Fsp3) is 0.400. The van der Waals surface area contributed by atoms with Crippen LogP contribution in [0.15, 0.2) is 53.9 Å². The molecule has 0 N–H and O–H groups in total. The molecule has 1 saturated carbocycles. The molecule has 5 rings (SSSR count). The molecule has 6 nitrogen and oxygen atoms in total. The van der Waals surface area contributed by atoms with E-state index in [9.17, 15) is 9.59 Å². The van der Waals surface area contributed by atoms with Crippen LogP contribution in [0.3, 0.4) is 0 Å². The lowest BCUT2D eigenvalue weighted by Gasteiger charge is -2.37.